The van der Waals surface area contributed by atoms with Crippen LogP contribution in [0.3, 0.4) is 0 Å². The van der Waals surface area contributed by atoms with E-state index < -0.39 is 0 Å². The molecule has 0 bridgehead atoms. The molecule has 0 aliphatic heterocycles. The molecule has 4 nitrogen and oxygen atoms in total. The summed E-state index contributed by atoms with van der Waals surface area (Å²) in [6.45, 7) is 3.66. The van der Waals surface area contributed by atoms with Gasteiger partial charge in [0.25, 0.3) is 0 Å². The Labute approximate surface area is 164 Å². The number of hydrogen-bond donors (Lipinski definition) is 0. The van der Waals surface area contributed by atoms with Crippen LogP contribution in [0.15, 0.2) is 48.5 Å². The molecule has 0 radical (unpaired) electrons. The number of rotatable bonds is 5. The Bertz CT molecular complexity index is 625. The maximum Gasteiger partial charge on any atom is 1.00 e. The van der Waals surface area contributed by atoms with E-state index in [9.17, 15) is 4.79 Å². The largest absolute Gasteiger partial charge is 1.00 e. The van der Waals surface area contributed by atoms with E-state index in [1.807, 2.05) is 37.3 Å². The number of esters is 1. The summed E-state index contributed by atoms with van der Waals surface area (Å²) in [5.74, 6) is 0.384. The summed E-state index contributed by atoms with van der Waals surface area (Å²) in [4.78, 5) is 11.5. The number of carbonyl (C=O) groups is 1. The zero-order valence-electron chi connectivity index (χ0n) is 14.5. The van der Waals surface area contributed by atoms with Gasteiger partial charge in [-0.3, -0.25) is 4.79 Å². The first-order chi connectivity index (χ1) is 10.1. The predicted octanol–water partition coefficient (Wildman–Crippen LogP) is 1.09. The van der Waals surface area contributed by atoms with Crippen molar-refractivity contribution in [2.75, 3.05) is 0 Å². The molecule has 0 saturated carbocycles. The van der Waals surface area contributed by atoms with Gasteiger partial charge >= 0.3 is 35.5 Å². The molecule has 0 aliphatic carbocycles. The molecule has 1 unspecified atom stereocenters. The van der Waals surface area contributed by atoms with Crippen LogP contribution < -0.4 is 39.0 Å². The van der Waals surface area contributed by atoms with Gasteiger partial charge in [-0.25, -0.2) is 0 Å². The van der Waals surface area contributed by atoms with Crippen LogP contribution in [0.1, 0.15) is 33.4 Å². The molecule has 1 atom stereocenters. The maximum atomic E-state index is 11.5. The number of carbonyl (C=O) groups excluding carboxylic acids is 1. The second kappa shape index (κ2) is 10.7. The van der Waals surface area contributed by atoms with E-state index in [4.69, 9.17) is 21.1 Å². The first-order valence-electron chi connectivity index (χ1n) is 6.82. The first kappa shape index (κ1) is 22.0. The van der Waals surface area contributed by atoms with Crippen molar-refractivity contribution in [1.82, 2.24) is 0 Å². The third-order valence-corrected chi connectivity index (χ3v) is 3.31. The van der Waals surface area contributed by atoms with Gasteiger partial charge in [0.15, 0.2) is 11.5 Å². The van der Waals surface area contributed by atoms with Crippen LogP contribution in [0.4, 0.5) is 0 Å². The molecular weight excluding hydrogens is 327 g/mol. The molecule has 23 heavy (non-hydrogen) atoms. The fraction of sp³-hybridized carbons (Fsp3) is 0.235. The Morgan fingerprint density at radius 1 is 1.17 bits per heavy atom. The van der Waals surface area contributed by atoms with Gasteiger partial charge in [0.1, 0.15) is 6.10 Å². The average molecular weight is 347 g/mol. The molecule has 2 aromatic carbocycles. The summed E-state index contributed by atoms with van der Waals surface area (Å²) in [5.41, 5.74) is 1.03. The molecular formula is C17H20ClNaO4. The van der Waals surface area contributed by atoms with E-state index in [1.165, 1.54) is 0 Å². The zero-order chi connectivity index (χ0) is 15.2. The fourth-order valence-corrected chi connectivity index (χ4v) is 2.05. The van der Waals surface area contributed by atoms with E-state index in [2.05, 4.69) is 0 Å². The molecule has 6 heteroatoms. The molecule has 0 saturated heterocycles. The van der Waals surface area contributed by atoms with Crippen LogP contribution >= 0.6 is 11.6 Å². The van der Waals surface area contributed by atoms with Crippen molar-refractivity contribution in [1.29, 1.82) is 0 Å². The van der Waals surface area contributed by atoms with Gasteiger partial charge < -0.3 is 16.4 Å². The molecule has 0 spiro atoms. The monoisotopic (exact) mass is 346 g/mol. The summed E-state index contributed by atoms with van der Waals surface area (Å²) in [5, 5.41) is 0.356. The first-order valence-corrected chi connectivity index (χ1v) is 7.20. The molecule has 120 valence electrons. The quantitative estimate of drug-likeness (QED) is 0.462. The smallest absolute Gasteiger partial charge is 1.00 e. The molecule has 0 heterocycles. The molecule has 2 N–H and O–H groups in total. The van der Waals surface area contributed by atoms with Crippen molar-refractivity contribution < 1.29 is 50.7 Å². The van der Waals surface area contributed by atoms with Crippen molar-refractivity contribution in [3.8, 4) is 11.5 Å². The molecule has 0 amide bonds. The Morgan fingerprint density at radius 2 is 1.83 bits per heavy atom. The maximum absolute atomic E-state index is 11.5. The molecule has 2 aromatic rings. The van der Waals surface area contributed by atoms with Crippen molar-refractivity contribution in [3.05, 3.63) is 59.1 Å². The average Bonchev–Trinajstić information content (AvgIpc) is 2.51. The van der Waals surface area contributed by atoms with E-state index in [-0.39, 0.29) is 60.7 Å². The van der Waals surface area contributed by atoms with E-state index in [1.54, 1.807) is 25.1 Å². The van der Waals surface area contributed by atoms with Crippen molar-refractivity contribution in [2.24, 2.45) is 0 Å². The van der Waals surface area contributed by atoms with Crippen LogP contribution in [-0.4, -0.2) is 11.4 Å². The van der Waals surface area contributed by atoms with Crippen LogP contribution in [0.2, 0.25) is 5.02 Å². The third-order valence-electron chi connectivity index (χ3n) is 3.01. The Kier molecular flexibility index (Phi) is 10.2. The van der Waals surface area contributed by atoms with Crippen LogP contribution in [0.25, 0.3) is 0 Å². The SMILES string of the molecule is CCC(=O)Oc1c(Cl)cccc1OC(C)c1ccccc1.O.[H-].[Na+]. The van der Waals surface area contributed by atoms with Crippen molar-refractivity contribution >= 4 is 17.6 Å². The van der Waals surface area contributed by atoms with Gasteiger partial charge in [0.2, 0.25) is 0 Å². The van der Waals surface area contributed by atoms with Gasteiger partial charge in [-0.2, -0.15) is 0 Å². The number of ether oxygens (including phenoxy) is 2. The van der Waals surface area contributed by atoms with Gasteiger partial charge in [-0.05, 0) is 24.6 Å². The Hall–Kier alpha value is -1.04. The van der Waals surface area contributed by atoms with Crippen LogP contribution in [0, 0.1) is 0 Å². The predicted molar refractivity (Wildman–Crippen MR) is 87.6 cm³/mol. The summed E-state index contributed by atoms with van der Waals surface area (Å²) in [7, 11) is 0. The zero-order valence-corrected chi connectivity index (χ0v) is 16.3. The number of hydrogen-bond acceptors (Lipinski definition) is 3. The third kappa shape index (κ3) is 6.16. The minimum Gasteiger partial charge on any atom is -1.00 e. The second-order valence-corrected chi connectivity index (χ2v) is 4.97. The van der Waals surface area contributed by atoms with Gasteiger partial charge in [0, 0.05) is 6.42 Å². The minimum atomic E-state index is -0.347. The summed E-state index contributed by atoms with van der Waals surface area (Å²) in [6.07, 6.45) is 0.0996. The molecule has 0 aliphatic rings. The van der Waals surface area contributed by atoms with E-state index in [0.717, 1.165) is 5.56 Å². The van der Waals surface area contributed by atoms with E-state index >= 15 is 0 Å². The normalized spacial score (nSPS) is 10.7. The van der Waals surface area contributed by atoms with Crippen LogP contribution in [-0.2, 0) is 4.79 Å². The Morgan fingerprint density at radius 3 is 2.43 bits per heavy atom. The summed E-state index contributed by atoms with van der Waals surface area (Å²) < 4.78 is 11.2. The molecule has 0 aromatic heterocycles. The second-order valence-electron chi connectivity index (χ2n) is 4.57. The topological polar surface area (TPSA) is 67.0 Å². The number of benzene rings is 2. The van der Waals surface area contributed by atoms with Crippen molar-refractivity contribution in [3.63, 3.8) is 0 Å². The van der Waals surface area contributed by atoms with Crippen LogP contribution in [0.5, 0.6) is 11.5 Å². The van der Waals surface area contributed by atoms with Crippen molar-refractivity contribution in [2.45, 2.75) is 26.4 Å². The molecule has 2 rings (SSSR count). The van der Waals surface area contributed by atoms with E-state index in [0.29, 0.717) is 10.8 Å². The standard InChI is InChI=1S/C17H17ClO3.Na.H2O.H/c1-3-16(19)21-17-14(18)10-7-11-15(17)20-12(2)13-8-5-4-6-9-13;;;/h4-12H,3H2,1-2H3;;1H2;/q;+1;;-1. The minimum absolute atomic E-state index is 0. The Balaban J connectivity index is 0. The molecule has 0 fully saturated rings. The number of para-hydroxylation sites is 1. The van der Waals surface area contributed by atoms with Gasteiger partial charge in [-0.1, -0.05) is 54.9 Å². The number of halogens is 1. The summed E-state index contributed by atoms with van der Waals surface area (Å²) >= 11 is 6.10. The van der Waals surface area contributed by atoms with Gasteiger partial charge in [0.05, 0.1) is 5.02 Å². The van der Waals surface area contributed by atoms with Gasteiger partial charge in [-0.15, -0.1) is 0 Å². The fourth-order valence-electron chi connectivity index (χ4n) is 1.85. The summed E-state index contributed by atoms with van der Waals surface area (Å²) in [6, 6.07) is 15.0.